The fourth-order valence-corrected chi connectivity index (χ4v) is 7.84. The molecule has 0 radical (unpaired) electrons. The number of unbranched alkanes of at least 4 members (excludes halogenated alkanes) is 1. The van der Waals surface area contributed by atoms with Crippen LogP contribution in [0.5, 0.6) is 0 Å². The lowest BCUT2D eigenvalue weighted by molar-refractivity contribution is -0.140. The van der Waals surface area contributed by atoms with Crippen LogP contribution in [0.3, 0.4) is 0 Å². The number of nitrogens with one attached hydrogen (secondary N) is 2. The highest BCUT2D eigenvalue weighted by molar-refractivity contribution is 8.02. The van der Waals surface area contributed by atoms with Crippen LogP contribution in [-0.4, -0.2) is 69.0 Å². The number of rotatable bonds is 9. The topological polar surface area (TPSA) is 98.7 Å². The SMILES string of the molecule is CCCNC(=O)[C@H]1[C@H]2C(=O)N(CCCCO)C(C(=O)NC(C)C)C23CC[C@]1(C)S3. The molecule has 29 heavy (non-hydrogen) atoms. The third-order valence-corrected chi connectivity index (χ3v) is 8.58. The third-order valence-electron chi connectivity index (χ3n) is 6.59. The van der Waals surface area contributed by atoms with Gasteiger partial charge in [0.15, 0.2) is 0 Å². The Morgan fingerprint density at radius 3 is 2.62 bits per heavy atom. The number of hydrogen-bond donors (Lipinski definition) is 3. The smallest absolute Gasteiger partial charge is 0.244 e. The molecule has 3 aliphatic heterocycles. The van der Waals surface area contributed by atoms with Gasteiger partial charge in [0.05, 0.1) is 16.6 Å². The van der Waals surface area contributed by atoms with Gasteiger partial charge in [0.2, 0.25) is 17.7 Å². The van der Waals surface area contributed by atoms with Crippen LogP contribution in [0.1, 0.15) is 59.8 Å². The lowest BCUT2D eigenvalue weighted by Gasteiger charge is -2.35. The molecule has 0 aromatic carbocycles. The van der Waals surface area contributed by atoms with Crippen LogP contribution < -0.4 is 10.6 Å². The number of nitrogens with zero attached hydrogens (tertiary/aromatic N) is 1. The van der Waals surface area contributed by atoms with E-state index in [-0.39, 0.29) is 35.1 Å². The van der Waals surface area contributed by atoms with Crippen LogP contribution in [0.25, 0.3) is 0 Å². The highest BCUT2D eigenvalue weighted by Crippen LogP contribution is 2.71. The van der Waals surface area contributed by atoms with E-state index in [1.165, 1.54) is 0 Å². The van der Waals surface area contributed by atoms with Gasteiger partial charge in [-0.3, -0.25) is 14.4 Å². The molecule has 5 atom stereocenters. The summed E-state index contributed by atoms with van der Waals surface area (Å²) in [5, 5.41) is 15.2. The maximum atomic E-state index is 13.6. The maximum Gasteiger partial charge on any atom is 0.244 e. The van der Waals surface area contributed by atoms with E-state index in [0.717, 1.165) is 19.3 Å². The Labute approximate surface area is 177 Å². The molecule has 1 spiro atoms. The van der Waals surface area contributed by atoms with Crippen molar-refractivity contribution in [2.45, 2.75) is 81.4 Å². The molecule has 2 unspecified atom stereocenters. The molecule has 164 valence electrons. The van der Waals surface area contributed by atoms with Crippen molar-refractivity contribution in [1.82, 2.24) is 15.5 Å². The molecule has 7 nitrogen and oxygen atoms in total. The van der Waals surface area contributed by atoms with E-state index >= 15 is 0 Å². The monoisotopic (exact) mass is 425 g/mol. The Kier molecular flexibility index (Phi) is 6.53. The van der Waals surface area contributed by atoms with Gasteiger partial charge in [0.1, 0.15) is 6.04 Å². The predicted molar refractivity (Wildman–Crippen MR) is 113 cm³/mol. The molecular weight excluding hydrogens is 390 g/mol. The predicted octanol–water partition coefficient (Wildman–Crippen LogP) is 1.29. The average molecular weight is 426 g/mol. The van der Waals surface area contributed by atoms with Gasteiger partial charge in [-0.25, -0.2) is 0 Å². The average Bonchev–Trinajstić information content (AvgIpc) is 3.21. The summed E-state index contributed by atoms with van der Waals surface area (Å²) < 4.78 is -0.857. The first kappa shape index (κ1) is 22.4. The second-order valence-electron chi connectivity index (χ2n) is 9.14. The number of hydrogen-bond acceptors (Lipinski definition) is 5. The molecule has 0 aromatic rings. The van der Waals surface area contributed by atoms with Crippen molar-refractivity contribution in [2.75, 3.05) is 19.7 Å². The van der Waals surface area contributed by atoms with Crippen molar-refractivity contribution < 1.29 is 19.5 Å². The molecule has 0 saturated carbocycles. The number of carbonyl (C=O) groups excluding carboxylic acids is 3. The molecule has 3 heterocycles. The Hall–Kier alpha value is -1.28. The zero-order valence-electron chi connectivity index (χ0n) is 18.0. The summed E-state index contributed by atoms with van der Waals surface area (Å²) in [6, 6.07) is -0.577. The normalized spacial score (nSPS) is 35.3. The second kappa shape index (κ2) is 8.46. The van der Waals surface area contributed by atoms with Crippen molar-refractivity contribution >= 4 is 29.5 Å². The second-order valence-corrected chi connectivity index (χ2v) is 11.0. The number of likely N-dealkylation sites (tertiary alicyclic amines) is 1. The molecule has 3 saturated heterocycles. The van der Waals surface area contributed by atoms with Gasteiger partial charge in [-0.05, 0) is 52.9 Å². The van der Waals surface area contributed by atoms with Gasteiger partial charge in [-0.2, -0.15) is 0 Å². The molecule has 8 heteroatoms. The van der Waals surface area contributed by atoms with Crippen molar-refractivity contribution in [3.8, 4) is 0 Å². The summed E-state index contributed by atoms with van der Waals surface area (Å²) in [4.78, 5) is 41.6. The summed E-state index contributed by atoms with van der Waals surface area (Å²) in [5.74, 6) is -1.11. The van der Waals surface area contributed by atoms with Gasteiger partial charge < -0.3 is 20.6 Å². The quantitative estimate of drug-likeness (QED) is 0.484. The van der Waals surface area contributed by atoms with Crippen LogP contribution in [0, 0.1) is 11.8 Å². The summed E-state index contributed by atoms with van der Waals surface area (Å²) >= 11 is 1.70. The Bertz CT molecular complexity index is 672. The standard InChI is InChI=1S/C21H35N3O4S/c1-5-10-22-17(26)14-15-19(28)24(11-6-7-12-25)16(18(27)23-13(2)3)21(15)9-8-20(14,4)29-21/h13-16,25H,5-12H2,1-4H3,(H,22,26)(H,23,27)/t14-,15+,16?,20+,21?/m1/s1. The summed E-state index contributed by atoms with van der Waals surface area (Å²) in [7, 11) is 0. The zero-order chi connectivity index (χ0) is 21.4. The number of fused-ring (bicyclic) bond motifs is 1. The van der Waals surface area contributed by atoms with Crippen molar-refractivity contribution in [3.05, 3.63) is 0 Å². The number of aliphatic hydroxyl groups is 1. The third kappa shape index (κ3) is 3.67. The maximum absolute atomic E-state index is 13.6. The minimum atomic E-state index is -0.558. The first-order valence-corrected chi connectivity index (χ1v) is 11.7. The van der Waals surface area contributed by atoms with Crippen LogP contribution >= 0.6 is 11.8 Å². The van der Waals surface area contributed by atoms with E-state index in [9.17, 15) is 14.4 Å². The largest absolute Gasteiger partial charge is 0.396 e. The fraction of sp³-hybridized carbons (Fsp3) is 0.857. The van der Waals surface area contributed by atoms with Crippen molar-refractivity contribution in [1.29, 1.82) is 0 Å². The molecule has 3 amide bonds. The van der Waals surface area contributed by atoms with Crippen molar-refractivity contribution in [2.24, 2.45) is 11.8 Å². The molecule has 3 rings (SSSR count). The molecule has 0 aromatic heterocycles. The number of thioether (sulfide) groups is 1. The molecule has 0 aliphatic carbocycles. The Morgan fingerprint density at radius 2 is 2.00 bits per heavy atom. The molecule has 3 aliphatic rings. The minimum absolute atomic E-state index is 0.0183. The lowest BCUT2D eigenvalue weighted by Crippen LogP contribution is -2.55. The lowest BCUT2D eigenvalue weighted by atomic mass is 9.66. The summed E-state index contributed by atoms with van der Waals surface area (Å²) in [6.07, 6.45) is 3.69. The van der Waals surface area contributed by atoms with Crippen LogP contribution in [0.2, 0.25) is 0 Å². The van der Waals surface area contributed by atoms with E-state index in [2.05, 4.69) is 17.6 Å². The minimum Gasteiger partial charge on any atom is -0.396 e. The van der Waals surface area contributed by atoms with Gasteiger partial charge in [0, 0.05) is 30.5 Å². The first-order chi connectivity index (χ1) is 13.7. The van der Waals surface area contributed by atoms with E-state index in [1.807, 2.05) is 20.8 Å². The molecule has 3 N–H and O–H groups in total. The molecule has 2 bridgehead atoms. The Balaban J connectivity index is 1.96. The Morgan fingerprint density at radius 1 is 1.28 bits per heavy atom. The fourth-order valence-electron chi connectivity index (χ4n) is 5.48. The first-order valence-electron chi connectivity index (χ1n) is 10.9. The van der Waals surface area contributed by atoms with E-state index in [4.69, 9.17) is 5.11 Å². The van der Waals surface area contributed by atoms with Crippen LogP contribution in [0.15, 0.2) is 0 Å². The number of amides is 3. The summed E-state index contributed by atoms with van der Waals surface area (Å²) in [5.41, 5.74) is 0. The van der Waals surface area contributed by atoms with Crippen molar-refractivity contribution in [3.63, 3.8) is 0 Å². The van der Waals surface area contributed by atoms with Gasteiger partial charge >= 0.3 is 0 Å². The van der Waals surface area contributed by atoms with Gasteiger partial charge in [-0.1, -0.05) is 6.92 Å². The van der Waals surface area contributed by atoms with Crippen LogP contribution in [-0.2, 0) is 14.4 Å². The number of aliphatic hydroxyl groups excluding tert-OH is 1. The van der Waals surface area contributed by atoms with Gasteiger partial charge in [0.25, 0.3) is 0 Å². The zero-order valence-corrected chi connectivity index (χ0v) is 18.8. The molecular formula is C21H35N3O4S. The summed E-state index contributed by atoms with van der Waals surface area (Å²) in [6.45, 7) is 9.03. The van der Waals surface area contributed by atoms with E-state index < -0.39 is 22.6 Å². The molecule has 3 fully saturated rings. The van der Waals surface area contributed by atoms with Gasteiger partial charge in [-0.15, -0.1) is 11.8 Å². The number of carbonyl (C=O) groups is 3. The van der Waals surface area contributed by atoms with Crippen LogP contribution in [0.4, 0.5) is 0 Å². The van der Waals surface area contributed by atoms with E-state index in [1.54, 1.807) is 16.7 Å². The van der Waals surface area contributed by atoms with E-state index in [0.29, 0.717) is 25.9 Å². The highest BCUT2D eigenvalue weighted by Gasteiger charge is 2.76. The highest BCUT2D eigenvalue weighted by atomic mass is 32.2.